The molecular formula is C30H31NO5. The molecule has 1 amide bonds. The van der Waals surface area contributed by atoms with E-state index in [4.69, 9.17) is 14.2 Å². The molecule has 0 aromatic heterocycles. The van der Waals surface area contributed by atoms with Crippen LogP contribution in [0.15, 0.2) is 78.6 Å². The second-order valence-electron chi connectivity index (χ2n) is 9.21. The molecule has 0 bridgehead atoms. The number of amides is 1. The molecule has 0 saturated heterocycles. The van der Waals surface area contributed by atoms with E-state index in [2.05, 4.69) is 47.8 Å². The Morgan fingerprint density at radius 3 is 2.61 bits per heavy atom. The quantitative estimate of drug-likeness (QED) is 0.343. The smallest absolute Gasteiger partial charge is 0.286 e. The molecule has 3 aromatic carbocycles. The lowest BCUT2D eigenvalue weighted by Crippen LogP contribution is -2.34. The van der Waals surface area contributed by atoms with Crippen LogP contribution in [0.25, 0.3) is 11.1 Å². The van der Waals surface area contributed by atoms with Gasteiger partial charge in [0.1, 0.15) is 0 Å². The first kappa shape index (κ1) is 24.3. The molecule has 6 heteroatoms. The van der Waals surface area contributed by atoms with Crippen LogP contribution in [0.3, 0.4) is 0 Å². The number of aliphatic hydroxyl groups excluding tert-OH is 1. The summed E-state index contributed by atoms with van der Waals surface area (Å²) < 4.78 is 17.1. The van der Waals surface area contributed by atoms with E-state index in [-0.39, 0.29) is 24.2 Å². The maximum absolute atomic E-state index is 12.8. The topological polar surface area (TPSA) is 77.0 Å². The molecule has 0 spiro atoms. The first-order chi connectivity index (χ1) is 17.6. The van der Waals surface area contributed by atoms with Crippen molar-refractivity contribution < 1.29 is 24.1 Å². The molecule has 6 nitrogen and oxygen atoms in total. The van der Waals surface area contributed by atoms with Gasteiger partial charge in [0.05, 0.1) is 19.8 Å². The highest BCUT2D eigenvalue weighted by Crippen LogP contribution is 2.39. The Kier molecular flexibility index (Phi) is 7.47. The number of aliphatic hydroxyl groups is 1. The first-order valence-corrected chi connectivity index (χ1v) is 12.3. The number of benzene rings is 3. The molecule has 0 saturated carbocycles. The van der Waals surface area contributed by atoms with Gasteiger partial charge < -0.3 is 24.6 Å². The van der Waals surface area contributed by atoms with Crippen molar-refractivity contribution in [3.63, 3.8) is 0 Å². The highest BCUT2D eigenvalue weighted by atomic mass is 16.7. The minimum Gasteiger partial charge on any atom is -0.459 e. The van der Waals surface area contributed by atoms with Gasteiger partial charge in [-0.25, -0.2) is 0 Å². The standard InChI is InChI=1S/C30H31NO5/c1-34-13-12-31-30(33)28-16-24(17-29(36-28)35-19-21-8-6-20(18-32)7-9-21)22-10-11-27-25(14-22)15-23-4-2-3-5-26(23)27/h2-11,14,16,24,29,32H,12-13,15,17-19H2,1H3,(H,31,33)/t24-,29+/m0/s1. The number of fused-ring (bicyclic) bond motifs is 3. The molecule has 1 aliphatic carbocycles. The van der Waals surface area contributed by atoms with Gasteiger partial charge in [0.15, 0.2) is 5.76 Å². The van der Waals surface area contributed by atoms with Crippen LogP contribution in [-0.4, -0.2) is 37.6 Å². The molecule has 1 heterocycles. The van der Waals surface area contributed by atoms with Crippen molar-refractivity contribution in [2.24, 2.45) is 0 Å². The Bertz CT molecular complexity index is 1250. The van der Waals surface area contributed by atoms with Crippen LogP contribution in [0.5, 0.6) is 0 Å². The van der Waals surface area contributed by atoms with Crippen molar-refractivity contribution in [2.75, 3.05) is 20.3 Å². The fourth-order valence-corrected chi connectivity index (χ4v) is 4.83. The molecule has 5 rings (SSSR count). The summed E-state index contributed by atoms with van der Waals surface area (Å²) in [5.74, 6) is -0.0179. The number of hydrogen-bond acceptors (Lipinski definition) is 5. The lowest BCUT2D eigenvalue weighted by atomic mass is 9.90. The van der Waals surface area contributed by atoms with E-state index in [0.717, 1.165) is 23.1 Å². The number of allylic oxidation sites excluding steroid dienone is 1. The number of ether oxygens (including phenoxy) is 3. The first-order valence-electron chi connectivity index (χ1n) is 12.3. The van der Waals surface area contributed by atoms with Gasteiger partial charge in [-0.15, -0.1) is 0 Å². The van der Waals surface area contributed by atoms with Gasteiger partial charge in [-0.1, -0.05) is 66.7 Å². The van der Waals surface area contributed by atoms with E-state index >= 15 is 0 Å². The molecule has 2 N–H and O–H groups in total. The van der Waals surface area contributed by atoms with Crippen LogP contribution in [0.4, 0.5) is 0 Å². The maximum Gasteiger partial charge on any atom is 0.286 e. The van der Waals surface area contributed by atoms with Gasteiger partial charge in [0.2, 0.25) is 6.29 Å². The number of carbonyl (C=O) groups is 1. The van der Waals surface area contributed by atoms with Gasteiger partial charge in [-0.2, -0.15) is 0 Å². The van der Waals surface area contributed by atoms with Crippen molar-refractivity contribution in [1.29, 1.82) is 0 Å². The Balaban J connectivity index is 1.35. The largest absolute Gasteiger partial charge is 0.459 e. The zero-order chi connectivity index (χ0) is 24.9. The highest BCUT2D eigenvalue weighted by Gasteiger charge is 2.30. The Morgan fingerprint density at radius 2 is 1.81 bits per heavy atom. The van der Waals surface area contributed by atoms with Crippen molar-refractivity contribution in [1.82, 2.24) is 5.32 Å². The average molecular weight is 486 g/mol. The van der Waals surface area contributed by atoms with Gasteiger partial charge in [0, 0.05) is 26.0 Å². The molecule has 2 aliphatic rings. The van der Waals surface area contributed by atoms with Crippen molar-refractivity contribution in [2.45, 2.75) is 38.3 Å². The summed E-state index contributed by atoms with van der Waals surface area (Å²) >= 11 is 0. The fraction of sp³-hybridized carbons (Fsp3) is 0.300. The fourth-order valence-electron chi connectivity index (χ4n) is 4.83. The molecule has 0 fully saturated rings. The molecule has 36 heavy (non-hydrogen) atoms. The normalized spacial score (nSPS) is 18.1. The van der Waals surface area contributed by atoms with Gasteiger partial charge in [0.25, 0.3) is 5.91 Å². The number of methoxy groups -OCH3 is 1. The van der Waals surface area contributed by atoms with Gasteiger partial charge in [-0.05, 0) is 51.4 Å². The predicted octanol–water partition coefficient (Wildman–Crippen LogP) is 4.44. The predicted molar refractivity (Wildman–Crippen MR) is 137 cm³/mol. The third kappa shape index (κ3) is 5.36. The van der Waals surface area contributed by atoms with Crippen LogP contribution in [-0.2, 0) is 38.6 Å². The van der Waals surface area contributed by atoms with Gasteiger partial charge in [-0.3, -0.25) is 4.79 Å². The number of nitrogens with one attached hydrogen (secondary N) is 1. The number of rotatable bonds is 9. The zero-order valence-corrected chi connectivity index (χ0v) is 20.4. The molecule has 186 valence electrons. The lowest BCUT2D eigenvalue weighted by Gasteiger charge is -2.29. The summed E-state index contributed by atoms with van der Waals surface area (Å²) in [5.41, 5.74) is 8.20. The number of hydrogen-bond donors (Lipinski definition) is 2. The van der Waals surface area contributed by atoms with E-state index < -0.39 is 6.29 Å². The van der Waals surface area contributed by atoms with Crippen LogP contribution >= 0.6 is 0 Å². The van der Waals surface area contributed by atoms with E-state index in [1.807, 2.05) is 30.3 Å². The lowest BCUT2D eigenvalue weighted by molar-refractivity contribution is -0.150. The van der Waals surface area contributed by atoms with Crippen LogP contribution in [0, 0.1) is 0 Å². The SMILES string of the molecule is COCCNC(=O)C1=C[C@H](c2ccc3c(c2)Cc2ccccc2-3)C[C@H](OCc2ccc(CO)cc2)O1. The molecule has 2 atom stereocenters. The van der Waals surface area contributed by atoms with Gasteiger partial charge >= 0.3 is 0 Å². The summed E-state index contributed by atoms with van der Waals surface area (Å²) in [6.07, 6.45) is 2.86. The van der Waals surface area contributed by atoms with Crippen LogP contribution < -0.4 is 5.32 Å². The number of carbonyl (C=O) groups excluding carboxylic acids is 1. The Labute approximate surface area is 211 Å². The Hall–Kier alpha value is -3.45. The summed E-state index contributed by atoms with van der Waals surface area (Å²) in [6.45, 7) is 1.19. The second-order valence-corrected chi connectivity index (χ2v) is 9.21. The molecule has 1 aliphatic heterocycles. The van der Waals surface area contributed by atoms with Crippen molar-refractivity contribution in [3.05, 3.63) is 106 Å². The van der Waals surface area contributed by atoms with Crippen LogP contribution in [0.2, 0.25) is 0 Å². The zero-order valence-electron chi connectivity index (χ0n) is 20.4. The summed E-state index contributed by atoms with van der Waals surface area (Å²) in [5, 5.41) is 12.1. The van der Waals surface area contributed by atoms with E-state index in [1.54, 1.807) is 7.11 Å². The highest BCUT2D eigenvalue weighted by molar-refractivity contribution is 5.91. The monoisotopic (exact) mass is 485 g/mol. The summed E-state index contributed by atoms with van der Waals surface area (Å²) in [4.78, 5) is 12.8. The molecule has 0 radical (unpaired) electrons. The second kappa shape index (κ2) is 11.1. The maximum atomic E-state index is 12.8. The average Bonchev–Trinajstić information content (AvgIpc) is 3.30. The van der Waals surface area contributed by atoms with E-state index in [0.29, 0.717) is 26.2 Å². The summed E-state index contributed by atoms with van der Waals surface area (Å²) in [7, 11) is 1.60. The third-order valence-corrected chi connectivity index (χ3v) is 6.76. The Morgan fingerprint density at radius 1 is 1.03 bits per heavy atom. The van der Waals surface area contributed by atoms with Crippen molar-refractivity contribution in [3.8, 4) is 11.1 Å². The minimum atomic E-state index is -0.564. The summed E-state index contributed by atoms with van der Waals surface area (Å²) in [6, 6.07) is 22.7. The van der Waals surface area contributed by atoms with E-state index in [9.17, 15) is 9.90 Å². The third-order valence-electron chi connectivity index (χ3n) is 6.76. The molecule has 3 aromatic rings. The molecular weight excluding hydrogens is 454 g/mol. The van der Waals surface area contributed by atoms with E-state index in [1.165, 1.54) is 22.3 Å². The molecule has 0 unspecified atom stereocenters. The van der Waals surface area contributed by atoms with Crippen LogP contribution in [0.1, 0.15) is 40.2 Å². The van der Waals surface area contributed by atoms with Crippen molar-refractivity contribution >= 4 is 5.91 Å². The minimum absolute atomic E-state index is 0.00670.